The van der Waals surface area contributed by atoms with Gasteiger partial charge in [-0.3, -0.25) is 9.59 Å². The molecular formula is C19H21FN6O2S2. The third-order valence-electron chi connectivity index (χ3n) is 4.23. The van der Waals surface area contributed by atoms with E-state index in [1.807, 2.05) is 11.5 Å². The zero-order valence-corrected chi connectivity index (χ0v) is 18.3. The summed E-state index contributed by atoms with van der Waals surface area (Å²) < 4.78 is 15.7. The number of nitrogens with one attached hydrogen (secondary N) is 2. The molecule has 3 rings (SSSR count). The van der Waals surface area contributed by atoms with Crippen LogP contribution in [0.3, 0.4) is 0 Å². The van der Waals surface area contributed by atoms with E-state index < -0.39 is 23.0 Å². The predicted molar refractivity (Wildman–Crippen MR) is 114 cm³/mol. The fourth-order valence-corrected chi connectivity index (χ4v) is 4.14. The van der Waals surface area contributed by atoms with Crippen molar-refractivity contribution in [3.05, 3.63) is 53.0 Å². The van der Waals surface area contributed by atoms with Crippen LogP contribution < -0.4 is 10.6 Å². The number of thiazole rings is 1. The third kappa shape index (κ3) is 5.03. The number of nitrogens with zero attached hydrogens (tertiary/aromatic N) is 4. The van der Waals surface area contributed by atoms with E-state index in [1.165, 1.54) is 41.3 Å². The molecule has 2 heterocycles. The molecule has 30 heavy (non-hydrogen) atoms. The number of amides is 2. The third-order valence-corrected chi connectivity index (χ3v) is 6.00. The summed E-state index contributed by atoms with van der Waals surface area (Å²) in [5.74, 6) is -0.785. The molecule has 0 bridgehead atoms. The molecule has 0 saturated carbocycles. The Labute approximate surface area is 181 Å². The molecule has 2 amide bonds. The number of hydrogen-bond acceptors (Lipinski definition) is 7. The maximum atomic E-state index is 13.9. The summed E-state index contributed by atoms with van der Waals surface area (Å²) in [6.45, 7) is 5.99. The standard InChI is InChI=1S/C19H21FN6O2S2/c1-4-26-15(11(2)22-17(28)13-7-5-6-8-14(13)20)24-25-19(26)30-12(3)16(27)23-18-21-9-10-29-18/h5-12H,4H2,1-3H3,(H,22,28)(H,21,23,27)/t11-,12-/m1/s1. The molecule has 1 aromatic carbocycles. The van der Waals surface area contributed by atoms with Crippen LogP contribution in [0.4, 0.5) is 9.52 Å². The Morgan fingerprint density at radius 3 is 2.70 bits per heavy atom. The highest BCUT2D eigenvalue weighted by atomic mass is 32.2. The molecule has 3 aromatic rings. The van der Waals surface area contributed by atoms with Crippen LogP contribution in [0.1, 0.15) is 43.0 Å². The Balaban J connectivity index is 1.69. The lowest BCUT2D eigenvalue weighted by molar-refractivity contribution is -0.115. The summed E-state index contributed by atoms with van der Waals surface area (Å²) in [6.07, 6.45) is 1.62. The Bertz CT molecular complexity index is 1020. The van der Waals surface area contributed by atoms with Crippen LogP contribution in [0.15, 0.2) is 41.0 Å². The molecule has 0 saturated heterocycles. The van der Waals surface area contributed by atoms with E-state index in [2.05, 4.69) is 25.8 Å². The van der Waals surface area contributed by atoms with Crippen LogP contribution in [0.2, 0.25) is 0 Å². The Kier molecular flexibility index (Phi) is 7.16. The second kappa shape index (κ2) is 9.81. The summed E-state index contributed by atoms with van der Waals surface area (Å²) in [5, 5.41) is 16.3. The topological polar surface area (TPSA) is 102 Å². The quantitative estimate of drug-likeness (QED) is 0.512. The minimum atomic E-state index is -0.588. The molecule has 0 aliphatic rings. The zero-order valence-electron chi connectivity index (χ0n) is 16.6. The van der Waals surface area contributed by atoms with E-state index >= 15 is 0 Å². The van der Waals surface area contributed by atoms with E-state index in [4.69, 9.17) is 0 Å². The number of aromatic nitrogens is 4. The fourth-order valence-electron chi connectivity index (χ4n) is 2.69. The van der Waals surface area contributed by atoms with Gasteiger partial charge >= 0.3 is 0 Å². The van der Waals surface area contributed by atoms with Crippen molar-refractivity contribution in [2.45, 2.75) is 43.8 Å². The summed E-state index contributed by atoms with van der Waals surface area (Å²) in [4.78, 5) is 28.8. The van der Waals surface area contributed by atoms with Crippen LogP contribution in [-0.4, -0.2) is 36.8 Å². The van der Waals surface area contributed by atoms with E-state index in [9.17, 15) is 14.0 Å². The monoisotopic (exact) mass is 448 g/mol. The number of carbonyl (C=O) groups is 2. The zero-order chi connectivity index (χ0) is 21.7. The van der Waals surface area contributed by atoms with Crippen LogP contribution >= 0.6 is 23.1 Å². The first-order valence-corrected chi connectivity index (χ1v) is 11.0. The lowest BCUT2D eigenvalue weighted by atomic mass is 10.2. The number of anilines is 1. The van der Waals surface area contributed by atoms with E-state index in [-0.39, 0.29) is 11.5 Å². The van der Waals surface area contributed by atoms with Gasteiger partial charge in [0, 0.05) is 18.1 Å². The van der Waals surface area contributed by atoms with Gasteiger partial charge < -0.3 is 15.2 Å². The van der Waals surface area contributed by atoms with Gasteiger partial charge in [-0.25, -0.2) is 9.37 Å². The summed E-state index contributed by atoms with van der Waals surface area (Å²) in [5.41, 5.74) is -0.0333. The van der Waals surface area contributed by atoms with Gasteiger partial charge in [-0.2, -0.15) is 0 Å². The van der Waals surface area contributed by atoms with Gasteiger partial charge in [0.25, 0.3) is 5.91 Å². The van der Waals surface area contributed by atoms with Crippen LogP contribution in [-0.2, 0) is 11.3 Å². The molecule has 0 spiro atoms. The smallest absolute Gasteiger partial charge is 0.254 e. The van der Waals surface area contributed by atoms with Gasteiger partial charge in [0.2, 0.25) is 5.91 Å². The highest BCUT2D eigenvalue weighted by Gasteiger charge is 2.24. The number of thioether (sulfide) groups is 1. The molecule has 158 valence electrons. The summed E-state index contributed by atoms with van der Waals surface area (Å²) >= 11 is 2.61. The summed E-state index contributed by atoms with van der Waals surface area (Å²) in [6, 6.07) is 5.29. The van der Waals surface area contributed by atoms with Crippen molar-refractivity contribution in [1.82, 2.24) is 25.1 Å². The molecule has 0 fully saturated rings. The number of benzene rings is 1. The van der Waals surface area contributed by atoms with Gasteiger partial charge in [-0.15, -0.1) is 21.5 Å². The normalized spacial score (nSPS) is 12.9. The van der Waals surface area contributed by atoms with Crippen molar-refractivity contribution in [3.8, 4) is 0 Å². The summed E-state index contributed by atoms with van der Waals surface area (Å²) in [7, 11) is 0. The lowest BCUT2D eigenvalue weighted by Crippen LogP contribution is -2.29. The second-order valence-electron chi connectivity index (χ2n) is 6.35. The predicted octanol–water partition coefficient (Wildman–Crippen LogP) is 3.50. The van der Waals surface area contributed by atoms with Gasteiger partial charge in [0.05, 0.1) is 16.9 Å². The molecule has 2 aromatic heterocycles. The van der Waals surface area contributed by atoms with E-state index in [0.717, 1.165) is 0 Å². The van der Waals surface area contributed by atoms with E-state index in [0.29, 0.717) is 22.7 Å². The average Bonchev–Trinajstić information content (AvgIpc) is 3.37. The Hall–Kier alpha value is -2.79. The molecule has 0 aliphatic heterocycles. The molecule has 0 aliphatic carbocycles. The van der Waals surface area contributed by atoms with Gasteiger partial charge in [-0.05, 0) is 32.9 Å². The Morgan fingerprint density at radius 1 is 1.27 bits per heavy atom. The molecule has 0 unspecified atom stereocenters. The first-order chi connectivity index (χ1) is 14.4. The maximum Gasteiger partial charge on any atom is 0.254 e. The van der Waals surface area contributed by atoms with Crippen LogP contribution in [0.25, 0.3) is 0 Å². The van der Waals surface area contributed by atoms with Gasteiger partial charge in [0.15, 0.2) is 16.1 Å². The highest BCUT2D eigenvalue weighted by molar-refractivity contribution is 8.00. The number of hydrogen-bond donors (Lipinski definition) is 2. The van der Waals surface area contributed by atoms with Crippen LogP contribution in [0, 0.1) is 5.82 Å². The van der Waals surface area contributed by atoms with E-state index in [1.54, 1.807) is 31.5 Å². The Morgan fingerprint density at radius 2 is 2.03 bits per heavy atom. The molecule has 11 heteroatoms. The van der Waals surface area contributed by atoms with Crippen molar-refractivity contribution in [1.29, 1.82) is 0 Å². The molecule has 2 N–H and O–H groups in total. The van der Waals surface area contributed by atoms with Crippen molar-refractivity contribution >= 4 is 40.0 Å². The average molecular weight is 449 g/mol. The SMILES string of the molecule is CCn1c(S[C@H](C)C(=O)Nc2nccs2)nnc1[C@@H](C)NC(=O)c1ccccc1F. The van der Waals surface area contributed by atoms with Crippen molar-refractivity contribution < 1.29 is 14.0 Å². The molecule has 2 atom stereocenters. The number of rotatable bonds is 8. The molecule has 0 radical (unpaired) electrons. The highest BCUT2D eigenvalue weighted by Crippen LogP contribution is 2.26. The fraction of sp³-hybridized carbons (Fsp3) is 0.316. The van der Waals surface area contributed by atoms with Gasteiger partial charge in [0.1, 0.15) is 5.82 Å². The van der Waals surface area contributed by atoms with Gasteiger partial charge in [-0.1, -0.05) is 23.9 Å². The molecule has 8 nitrogen and oxygen atoms in total. The van der Waals surface area contributed by atoms with Crippen LogP contribution in [0.5, 0.6) is 0 Å². The van der Waals surface area contributed by atoms with Crippen molar-refractivity contribution in [2.24, 2.45) is 0 Å². The minimum Gasteiger partial charge on any atom is -0.342 e. The molecular weight excluding hydrogens is 427 g/mol. The second-order valence-corrected chi connectivity index (χ2v) is 8.55. The maximum absolute atomic E-state index is 13.9. The largest absolute Gasteiger partial charge is 0.342 e. The minimum absolute atomic E-state index is 0.0333. The van der Waals surface area contributed by atoms with Crippen molar-refractivity contribution in [2.75, 3.05) is 5.32 Å². The number of carbonyl (C=O) groups excluding carboxylic acids is 2. The van der Waals surface area contributed by atoms with Crippen molar-refractivity contribution in [3.63, 3.8) is 0 Å². The lowest BCUT2D eigenvalue weighted by Gasteiger charge is -2.16. The first kappa shape index (κ1) is 21.9. The number of halogens is 1. The first-order valence-electron chi connectivity index (χ1n) is 9.26.